The Hall–Kier alpha value is -3.79. The first kappa shape index (κ1) is 26.3. The van der Waals surface area contributed by atoms with Crippen molar-refractivity contribution in [1.29, 1.82) is 0 Å². The summed E-state index contributed by atoms with van der Waals surface area (Å²) in [7, 11) is 0. The molecule has 10 nitrogen and oxygen atoms in total. The van der Waals surface area contributed by atoms with Crippen molar-refractivity contribution >= 4 is 18.1 Å². The van der Waals surface area contributed by atoms with Gasteiger partial charge in [-0.05, 0) is 56.5 Å². The lowest BCUT2D eigenvalue weighted by atomic mass is 9.91. The van der Waals surface area contributed by atoms with Gasteiger partial charge in [0.25, 0.3) is 0 Å². The highest BCUT2D eigenvalue weighted by molar-refractivity contribution is 5.88. The molecule has 10 heteroatoms. The molecule has 2 aliphatic heterocycles. The fourth-order valence-electron chi connectivity index (χ4n) is 4.36. The summed E-state index contributed by atoms with van der Waals surface area (Å²) in [6.07, 6.45) is -0.519. The van der Waals surface area contributed by atoms with Crippen LogP contribution in [0, 0.1) is 0 Å². The van der Waals surface area contributed by atoms with Gasteiger partial charge in [0.1, 0.15) is 30.6 Å². The van der Waals surface area contributed by atoms with E-state index in [4.69, 9.17) is 19.0 Å². The van der Waals surface area contributed by atoms with Crippen molar-refractivity contribution < 1.29 is 33.4 Å². The number of hydroxylamine groups is 2. The number of amides is 3. The number of urea groups is 1. The SMILES string of the molecule is CCOC(=O)C1c2ccc(OCCNC(=O)OC(C)(C)C)cc2C2CN1C(=O)N2OCc1ccccc1. The van der Waals surface area contributed by atoms with Crippen molar-refractivity contribution in [2.45, 2.75) is 52.0 Å². The Bertz CT molecular complexity index is 1130. The monoisotopic (exact) mass is 511 g/mol. The summed E-state index contributed by atoms with van der Waals surface area (Å²) < 4.78 is 16.4. The van der Waals surface area contributed by atoms with Gasteiger partial charge in [-0.1, -0.05) is 36.4 Å². The zero-order valence-electron chi connectivity index (χ0n) is 21.6. The molecule has 0 aromatic heterocycles. The second-order valence-corrected chi connectivity index (χ2v) is 9.76. The van der Waals surface area contributed by atoms with Crippen LogP contribution in [0.2, 0.25) is 0 Å². The highest BCUT2D eigenvalue weighted by Crippen LogP contribution is 2.45. The van der Waals surface area contributed by atoms with Gasteiger partial charge in [0.2, 0.25) is 0 Å². The lowest BCUT2D eigenvalue weighted by Gasteiger charge is -2.31. The number of alkyl carbamates (subject to hydrolysis) is 1. The zero-order chi connectivity index (χ0) is 26.6. The van der Waals surface area contributed by atoms with E-state index in [0.29, 0.717) is 11.3 Å². The Morgan fingerprint density at radius 2 is 1.84 bits per heavy atom. The van der Waals surface area contributed by atoms with Gasteiger partial charge in [0, 0.05) is 0 Å². The minimum atomic E-state index is -0.869. The van der Waals surface area contributed by atoms with Crippen molar-refractivity contribution in [2.24, 2.45) is 0 Å². The van der Waals surface area contributed by atoms with Crippen molar-refractivity contribution in [3.8, 4) is 5.75 Å². The van der Waals surface area contributed by atoms with E-state index in [1.807, 2.05) is 36.4 Å². The molecular formula is C27H33N3O7. The molecule has 1 saturated heterocycles. The van der Waals surface area contributed by atoms with Crippen molar-refractivity contribution in [3.05, 3.63) is 65.2 Å². The number of hydrogen-bond donors (Lipinski definition) is 1. The number of nitrogens with one attached hydrogen (secondary N) is 1. The van der Waals surface area contributed by atoms with Crippen molar-refractivity contribution in [1.82, 2.24) is 15.3 Å². The lowest BCUT2D eigenvalue weighted by molar-refractivity contribution is -0.149. The topological polar surface area (TPSA) is 107 Å². The Kier molecular flexibility index (Phi) is 7.87. The van der Waals surface area contributed by atoms with Crippen LogP contribution in [0.15, 0.2) is 48.5 Å². The second-order valence-electron chi connectivity index (χ2n) is 9.76. The fraction of sp³-hybridized carbons (Fsp3) is 0.444. The van der Waals surface area contributed by atoms with Gasteiger partial charge in [-0.3, -0.25) is 4.84 Å². The number of carbonyl (C=O) groups excluding carboxylic acids is 3. The summed E-state index contributed by atoms with van der Waals surface area (Å²) >= 11 is 0. The maximum Gasteiger partial charge on any atom is 0.407 e. The van der Waals surface area contributed by atoms with E-state index in [0.717, 1.165) is 11.1 Å². The maximum atomic E-state index is 13.3. The van der Waals surface area contributed by atoms with E-state index in [1.54, 1.807) is 39.8 Å². The van der Waals surface area contributed by atoms with Crippen LogP contribution in [-0.2, 0) is 25.7 Å². The molecular weight excluding hydrogens is 478 g/mol. The summed E-state index contributed by atoms with van der Waals surface area (Å²) in [5.41, 5.74) is 1.77. The number of nitrogens with zero attached hydrogens (tertiary/aromatic N) is 2. The van der Waals surface area contributed by atoms with Gasteiger partial charge in [-0.15, -0.1) is 0 Å². The highest BCUT2D eigenvalue weighted by atomic mass is 16.7. The average molecular weight is 512 g/mol. The number of esters is 1. The van der Waals surface area contributed by atoms with Gasteiger partial charge in [-0.25, -0.2) is 14.4 Å². The predicted molar refractivity (Wildman–Crippen MR) is 133 cm³/mol. The molecule has 0 aliphatic carbocycles. The van der Waals surface area contributed by atoms with Gasteiger partial charge >= 0.3 is 18.1 Å². The van der Waals surface area contributed by atoms with E-state index < -0.39 is 29.7 Å². The molecule has 0 radical (unpaired) electrons. The molecule has 2 unspecified atom stereocenters. The van der Waals surface area contributed by atoms with Gasteiger partial charge in [-0.2, -0.15) is 5.06 Å². The summed E-state index contributed by atoms with van der Waals surface area (Å²) in [4.78, 5) is 45.5. The molecule has 2 bridgehead atoms. The van der Waals surface area contributed by atoms with E-state index in [-0.39, 0.29) is 38.9 Å². The molecule has 198 valence electrons. The van der Waals surface area contributed by atoms with Crippen LogP contribution in [0.25, 0.3) is 0 Å². The Morgan fingerprint density at radius 1 is 1.08 bits per heavy atom. The highest BCUT2D eigenvalue weighted by Gasteiger charge is 2.51. The molecule has 1 N–H and O–H groups in total. The first-order chi connectivity index (χ1) is 17.7. The van der Waals surface area contributed by atoms with Crippen LogP contribution in [0.3, 0.4) is 0 Å². The van der Waals surface area contributed by atoms with Gasteiger partial charge in [0.15, 0.2) is 6.04 Å². The minimum Gasteiger partial charge on any atom is -0.492 e. The molecule has 1 fully saturated rings. The molecule has 2 aromatic carbocycles. The number of rotatable bonds is 9. The Morgan fingerprint density at radius 3 is 2.54 bits per heavy atom. The first-order valence-electron chi connectivity index (χ1n) is 12.3. The van der Waals surface area contributed by atoms with E-state index in [9.17, 15) is 14.4 Å². The quantitative estimate of drug-likeness (QED) is 0.399. The third-order valence-corrected chi connectivity index (χ3v) is 5.87. The van der Waals surface area contributed by atoms with Crippen molar-refractivity contribution in [3.63, 3.8) is 0 Å². The maximum absolute atomic E-state index is 13.3. The van der Waals surface area contributed by atoms with Crippen LogP contribution < -0.4 is 10.1 Å². The van der Waals surface area contributed by atoms with Crippen LogP contribution >= 0.6 is 0 Å². The van der Waals surface area contributed by atoms with Crippen LogP contribution in [0.1, 0.15) is 56.5 Å². The first-order valence-corrected chi connectivity index (χ1v) is 12.3. The lowest BCUT2D eigenvalue weighted by Crippen LogP contribution is -2.39. The largest absolute Gasteiger partial charge is 0.492 e. The third kappa shape index (κ3) is 6.14. The molecule has 2 heterocycles. The second kappa shape index (κ2) is 11.1. The molecule has 3 amide bonds. The van der Waals surface area contributed by atoms with E-state index in [1.165, 1.54) is 9.96 Å². The number of benzene rings is 2. The number of hydrogen-bond acceptors (Lipinski definition) is 7. The molecule has 2 aliphatic rings. The average Bonchev–Trinajstić information content (AvgIpc) is 3.12. The molecule has 0 saturated carbocycles. The molecule has 4 rings (SSSR count). The summed E-state index contributed by atoms with van der Waals surface area (Å²) in [5.74, 6) is 0.0545. The standard InChI is InChI=1S/C27H33N3O7/c1-5-34-24(31)23-20-12-11-19(35-14-13-28-25(32)37-27(2,3)4)15-21(20)22-16-29(23)26(33)30(22)36-17-18-9-7-6-8-10-18/h6-12,15,22-23H,5,13-14,16-17H2,1-4H3,(H,28,32). The van der Waals surface area contributed by atoms with Crippen LogP contribution in [-0.4, -0.2) is 60.0 Å². The number of ether oxygens (including phenoxy) is 3. The van der Waals surface area contributed by atoms with Gasteiger partial charge < -0.3 is 24.4 Å². The molecule has 37 heavy (non-hydrogen) atoms. The molecule has 2 aromatic rings. The van der Waals surface area contributed by atoms with Crippen molar-refractivity contribution in [2.75, 3.05) is 26.3 Å². The Balaban J connectivity index is 1.50. The van der Waals surface area contributed by atoms with E-state index >= 15 is 0 Å². The number of carbonyl (C=O) groups is 3. The molecule has 2 atom stereocenters. The van der Waals surface area contributed by atoms with Gasteiger partial charge in [0.05, 0.1) is 19.7 Å². The summed E-state index contributed by atoms with van der Waals surface area (Å²) in [6, 6.07) is 13.2. The smallest absolute Gasteiger partial charge is 0.407 e. The summed E-state index contributed by atoms with van der Waals surface area (Å²) in [5, 5.41) is 3.98. The number of fused-ring (bicyclic) bond motifs is 4. The summed E-state index contributed by atoms with van der Waals surface area (Å²) in [6.45, 7) is 8.27. The zero-order valence-corrected chi connectivity index (χ0v) is 21.6. The normalized spacial score (nSPS) is 18.3. The predicted octanol–water partition coefficient (Wildman–Crippen LogP) is 4.12. The Labute approximate surface area is 216 Å². The fourth-order valence-corrected chi connectivity index (χ4v) is 4.36. The van der Waals surface area contributed by atoms with Crippen LogP contribution in [0.4, 0.5) is 9.59 Å². The molecule has 0 spiro atoms. The third-order valence-electron chi connectivity index (χ3n) is 5.87. The van der Waals surface area contributed by atoms with Crippen LogP contribution in [0.5, 0.6) is 5.75 Å². The van der Waals surface area contributed by atoms with E-state index in [2.05, 4.69) is 5.32 Å². The minimum absolute atomic E-state index is 0.205.